The number of ketones is 1. The number of fused-ring (bicyclic) bond motifs is 1. The maximum absolute atomic E-state index is 13.3. The van der Waals surface area contributed by atoms with Gasteiger partial charge in [0.15, 0.2) is 5.78 Å². The summed E-state index contributed by atoms with van der Waals surface area (Å²) < 4.78 is 1.78. The van der Waals surface area contributed by atoms with Gasteiger partial charge in [0.05, 0.1) is 5.56 Å². The van der Waals surface area contributed by atoms with Gasteiger partial charge in [-0.2, -0.15) is 0 Å². The Morgan fingerprint density at radius 3 is 1.71 bits per heavy atom. The minimum absolute atomic E-state index is 0.0555. The summed E-state index contributed by atoms with van der Waals surface area (Å²) >= 11 is 0. The zero-order valence-corrected chi connectivity index (χ0v) is 23.4. The van der Waals surface area contributed by atoms with Gasteiger partial charge in [-0.05, 0) is 18.1 Å². The van der Waals surface area contributed by atoms with Gasteiger partial charge < -0.3 is 9.67 Å². The van der Waals surface area contributed by atoms with E-state index >= 15 is 0 Å². The summed E-state index contributed by atoms with van der Waals surface area (Å²) in [6.07, 6.45) is 19.6. The lowest BCUT2D eigenvalue weighted by Gasteiger charge is -2.09. The summed E-state index contributed by atoms with van der Waals surface area (Å²) in [6.45, 7) is 2.69. The van der Waals surface area contributed by atoms with E-state index < -0.39 is 5.97 Å². The van der Waals surface area contributed by atoms with Crippen LogP contribution in [-0.4, -0.2) is 21.4 Å². The van der Waals surface area contributed by atoms with Crippen molar-refractivity contribution in [1.29, 1.82) is 0 Å². The number of benzene rings is 2. The SMILES string of the molecule is CCCCCCCCCCCCCCCCCC(=O)c1c(C(=O)O)n(Cc2ccccc2)c2ccccc12. The first kappa shape index (κ1) is 29.7. The Bertz CT molecular complexity index is 1120. The van der Waals surface area contributed by atoms with Gasteiger partial charge in [0.1, 0.15) is 5.69 Å². The van der Waals surface area contributed by atoms with Crippen molar-refractivity contribution in [2.45, 2.75) is 116 Å². The molecule has 2 aromatic carbocycles. The Morgan fingerprint density at radius 1 is 0.658 bits per heavy atom. The van der Waals surface area contributed by atoms with Gasteiger partial charge >= 0.3 is 5.97 Å². The average Bonchev–Trinajstić information content (AvgIpc) is 3.26. The molecule has 0 aliphatic rings. The number of carboxylic acids is 1. The van der Waals surface area contributed by atoms with Gasteiger partial charge in [0.2, 0.25) is 0 Å². The van der Waals surface area contributed by atoms with E-state index in [1.54, 1.807) is 4.57 Å². The molecule has 0 bridgehead atoms. The standard InChI is InChI=1S/C34H47NO3/c1-2-3-4-5-6-7-8-9-10-11-12-13-14-15-19-26-31(36)32-29-24-20-21-25-30(29)35(33(32)34(37)38)27-28-22-17-16-18-23-28/h16-18,20-25H,2-15,19,26-27H2,1H3,(H,37,38). The molecule has 3 rings (SSSR count). The Labute approximate surface area is 229 Å². The Hall–Kier alpha value is -2.88. The number of unbranched alkanes of at least 4 members (excludes halogenated alkanes) is 14. The predicted molar refractivity (Wildman–Crippen MR) is 158 cm³/mol. The maximum atomic E-state index is 13.3. The highest BCUT2D eigenvalue weighted by molar-refractivity contribution is 6.15. The van der Waals surface area contributed by atoms with Crippen LogP contribution in [0.3, 0.4) is 0 Å². The predicted octanol–water partition coefficient (Wildman–Crippen LogP) is 9.83. The molecule has 38 heavy (non-hydrogen) atoms. The van der Waals surface area contributed by atoms with Crippen LogP contribution in [0.25, 0.3) is 10.9 Å². The fourth-order valence-electron chi connectivity index (χ4n) is 5.52. The van der Waals surface area contributed by atoms with Gasteiger partial charge in [-0.1, -0.05) is 145 Å². The van der Waals surface area contributed by atoms with E-state index in [0.29, 0.717) is 18.5 Å². The molecule has 3 aromatic rings. The molecular weight excluding hydrogens is 470 g/mol. The molecule has 0 amide bonds. The Morgan fingerprint density at radius 2 is 1.16 bits per heavy atom. The average molecular weight is 518 g/mol. The molecule has 0 radical (unpaired) electrons. The minimum Gasteiger partial charge on any atom is -0.477 e. The van der Waals surface area contributed by atoms with E-state index in [0.717, 1.165) is 35.7 Å². The number of carbonyl (C=O) groups excluding carboxylic acids is 1. The second kappa shape index (κ2) is 16.9. The Kier molecular flexibility index (Phi) is 13.2. The zero-order valence-electron chi connectivity index (χ0n) is 23.4. The van der Waals surface area contributed by atoms with Crippen molar-refractivity contribution in [3.05, 3.63) is 71.4 Å². The largest absolute Gasteiger partial charge is 0.477 e. The second-order valence-corrected chi connectivity index (χ2v) is 10.7. The molecular formula is C34H47NO3. The molecule has 206 valence electrons. The van der Waals surface area contributed by atoms with E-state index in [2.05, 4.69) is 6.92 Å². The quantitative estimate of drug-likeness (QED) is 0.120. The molecule has 0 spiro atoms. The monoisotopic (exact) mass is 517 g/mol. The third-order valence-corrected chi connectivity index (χ3v) is 7.64. The third-order valence-electron chi connectivity index (χ3n) is 7.64. The van der Waals surface area contributed by atoms with Crippen LogP contribution in [0.4, 0.5) is 0 Å². The number of aromatic carboxylic acids is 1. The molecule has 1 aromatic heterocycles. The van der Waals surface area contributed by atoms with Crippen molar-refractivity contribution in [2.75, 3.05) is 0 Å². The lowest BCUT2D eigenvalue weighted by Crippen LogP contribution is -2.14. The fourth-order valence-corrected chi connectivity index (χ4v) is 5.52. The Balaban J connectivity index is 1.42. The molecule has 4 nitrogen and oxygen atoms in total. The highest BCUT2D eigenvalue weighted by Gasteiger charge is 2.26. The lowest BCUT2D eigenvalue weighted by atomic mass is 10.00. The fraction of sp³-hybridized carbons (Fsp3) is 0.529. The van der Waals surface area contributed by atoms with Crippen LogP contribution in [0.2, 0.25) is 0 Å². The number of rotatable bonds is 20. The van der Waals surface area contributed by atoms with Crippen molar-refractivity contribution in [2.24, 2.45) is 0 Å². The van der Waals surface area contributed by atoms with Crippen LogP contribution in [0.15, 0.2) is 54.6 Å². The van der Waals surface area contributed by atoms with Gasteiger partial charge in [0, 0.05) is 23.9 Å². The van der Waals surface area contributed by atoms with E-state index in [4.69, 9.17) is 0 Å². The summed E-state index contributed by atoms with van der Waals surface area (Å²) in [7, 11) is 0. The number of carboxylic acid groups (broad SMARTS) is 1. The molecule has 0 fully saturated rings. The van der Waals surface area contributed by atoms with Crippen LogP contribution in [-0.2, 0) is 6.54 Å². The summed E-state index contributed by atoms with van der Waals surface area (Å²) in [5.74, 6) is -1.10. The van der Waals surface area contributed by atoms with E-state index in [1.165, 1.54) is 77.0 Å². The van der Waals surface area contributed by atoms with Gasteiger partial charge in [-0.15, -0.1) is 0 Å². The van der Waals surface area contributed by atoms with Crippen molar-refractivity contribution in [1.82, 2.24) is 4.57 Å². The van der Waals surface area contributed by atoms with E-state index in [1.807, 2.05) is 54.6 Å². The van der Waals surface area contributed by atoms with Crippen molar-refractivity contribution in [3.63, 3.8) is 0 Å². The third kappa shape index (κ3) is 9.15. The molecule has 0 atom stereocenters. The number of para-hydroxylation sites is 1. The summed E-state index contributed by atoms with van der Waals surface area (Å²) in [4.78, 5) is 25.7. The topological polar surface area (TPSA) is 59.3 Å². The van der Waals surface area contributed by atoms with E-state index in [9.17, 15) is 14.7 Å². The van der Waals surface area contributed by atoms with E-state index in [-0.39, 0.29) is 11.5 Å². The van der Waals surface area contributed by atoms with Crippen molar-refractivity contribution >= 4 is 22.7 Å². The number of hydrogen-bond acceptors (Lipinski definition) is 2. The summed E-state index contributed by atoms with van der Waals surface area (Å²) in [5, 5.41) is 10.8. The molecule has 0 saturated carbocycles. The van der Waals surface area contributed by atoms with Gasteiger partial charge in [0.25, 0.3) is 0 Å². The number of aromatic nitrogens is 1. The normalized spacial score (nSPS) is 11.3. The minimum atomic E-state index is -1.04. The number of nitrogens with zero attached hydrogens (tertiary/aromatic N) is 1. The van der Waals surface area contributed by atoms with Crippen LogP contribution < -0.4 is 0 Å². The summed E-state index contributed by atoms with van der Waals surface area (Å²) in [5.41, 5.74) is 2.29. The van der Waals surface area contributed by atoms with Crippen LogP contribution in [0, 0.1) is 0 Å². The molecule has 0 aliphatic carbocycles. The molecule has 0 saturated heterocycles. The van der Waals surface area contributed by atoms with Crippen molar-refractivity contribution < 1.29 is 14.7 Å². The molecule has 0 unspecified atom stereocenters. The maximum Gasteiger partial charge on any atom is 0.353 e. The number of carbonyl (C=O) groups is 2. The first-order valence-electron chi connectivity index (χ1n) is 15.0. The molecule has 4 heteroatoms. The van der Waals surface area contributed by atoms with Crippen molar-refractivity contribution in [3.8, 4) is 0 Å². The zero-order chi connectivity index (χ0) is 27.0. The lowest BCUT2D eigenvalue weighted by molar-refractivity contribution is 0.0681. The van der Waals surface area contributed by atoms with Crippen LogP contribution in [0.1, 0.15) is 136 Å². The first-order chi connectivity index (χ1) is 18.6. The molecule has 0 aliphatic heterocycles. The molecule has 1 N–H and O–H groups in total. The summed E-state index contributed by atoms with van der Waals surface area (Å²) in [6, 6.07) is 17.4. The first-order valence-corrected chi connectivity index (χ1v) is 15.0. The highest BCUT2D eigenvalue weighted by Crippen LogP contribution is 2.29. The molecule has 1 heterocycles. The number of hydrogen-bond donors (Lipinski definition) is 1. The second-order valence-electron chi connectivity index (χ2n) is 10.7. The van der Waals surface area contributed by atoms with Gasteiger partial charge in [-0.3, -0.25) is 4.79 Å². The smallest absolute Gasteiger partial charge is 0.353 e. The number of Topliss-reactive ketones (excluding diaryl/α,β-unsaturated/α-hetero) is 1. The van der Waals surface area contributed by atoms with Crippen LogP contribution in [0.5, 0.6) is 0 Å². The highest BCUT2D eigenvalue weighted by atomic mass is 16.4. The van der Waals surface area contributed by atoms with Crippen LogP contribution >= 0.6 is 0 Å². The van der Waals surface area contributed by atoms with Gasteiger partial charge in [-0.25, -0.2) is 4.79 Å².